The molecule has 0 aliphatic carbocycles. The third kappa shape index (κ3) is 5.72. The first-order valence-corrected chi connectivity index (χ1v) is 10.4. The molecule has 2 amide bonds. The molecule has 0 unspecified atom stereocenters. The summed E-state index contributed by atoms with van der Waals surface area (Å²) in [7, 11) is 0. The van der Waals surface area contributed by atoms with E-state index in [1.54, 1.807) is 39.0 Å². The number of nitrogens with one attached hydrogen (secondary N) is 3. The van der Waals surface area contributed by atoms with Crippen molar-refractivity contribution in [1.82, 2.24) is 25.5 Å². The number of H-pyrrole nitrogens is 1. The van der Waals surface area contributed by atoms with Crippen LogP contribution in [0, 0.1) is 13.8 Å². The summed E-state index contributed by atoms with van der Waals surface area (Å²) in [5, 5.41) is 12.5. The second-order valence-electron chi connectivity index (χ2n) is 6.53. The molecule has 1 aromatic carbocycles. The first-order chi connectivity index (χ1) is 14.9. The van der Waals surface area contributed by atoms with Gasteiger partial charge < -0.3 is 15.4 Å². The standard InChI is InChI=1S/C20H22N6O4S/c1-4-30-19(29)16-11(2)22-20(31-16)24-15(27)8-9-21-18(28)14-7-5-6-13(10-14)17-23-12(3)25-26-17/h5-7,10H,4,8-9H2,1-3H3,(H,21,28)(H,22,24,27)(H,23,25,26). The zero-order valence-electron chi connectivity index (χ0n) is 17.3. The van der Waals surface area contributed by atoms with Crippen molar-refractivity contribution in [3.8, 4) is 11.4 Å². The molecule has 3 N–H and O–H groups in total. The molecule has 0 aliphatic heterocycles. The van der Waals surface area contributed by atoms with Crippen LogP contribution in [-0.4, -0.2) is 51.1 Å². The number of nitrogens with zero attached hydrogens (tertiary/aromatic N) is 3. The van der Waals surface area contributed by atoms with Crippen molar-refractivity contribution in [1.29, 1.82) is 0 Å². The van der Waals surface area contributed by atoms with Crippen LogP contribution in [-0.2, 0) is 9.53 Å². The molecule has 162 valence electrons. The van der Waals surface area contributed by atoms with Crippen molar-refractivity contribution in [2.45, 2.75) is 27.2 Å². The Balaban J connectivity index is 1.51. The normalized spacial score (nSPS) is 10.5. The van der Waals surface area contributed by atoms with Gasteiger partial charge in [0.25, 0.3) is 5.91 Å². The maximum atomic E-state index is 12.4. The number of aromatic nitrogens is 4. The molecule has 2 heterocycles. The Hall–Kier alpha value is -3.60. The quantitative estimate of drug-likeness (QED) is 0.455. The molecule has 0 bridgehead atoms. The summed E-state index contributed by atoms with van der Waals surface area (Å²) in [6, 6.07) is 6.92. The Morgan fingerprint density at radius 3 is 2.71 bits per heavy atom. The van der Waals surface area contributed by atoms with Crippen LogP contribution < -0.4 is 10.6 Å². The molecule has 0 radical (unpaired) electrons. The van der Waals surface area contributed by atoms with Crippen molar-refractivity contribution >= 4 is 34.3 Å². The molecular formula is C20H22N6O4S. The number of carbonyl (C=O) groups excluding carboxylic acids is 3. The number of aryl methyl sites for hydroxylation is 2. The highest BCUT2D eigenvalue weighted by atomic mass is 32.1. The lowest BCUT2D eigenvalue weighted by Gasteiger charge is -2.06. The summed E-state index contributed by atoms with van der Waals surface area (Å²) in [4.78, 5) is 45.2. The highest BCUT2D eigenvalue weighted by Gasteiger charge is 2.17. The van der Waals surface area contributed by atoms with E-state index >= 15 is 0 Å². The minimum atomic E-state index is -0.465. The van der Waals surface area contributed by atoms with Crippen molar-refractivity contribution < 1.29 is 19.1 Å². The van der Waals surface area contributed by atoms with E-state index in [0.29, 0.717) is 38.5 Å². The second-order valence-corrected chi connectivity index (χ2v) is 7.53. The molecule has 3 rings (SSSR count). The summed E-state index contributed by atoms with van der Waals surface area (Å²) < 4.78 is 4.96. The monoisotopic (exact) mass is 442 g/mol. The SMILES string of the molecule is CCOC(=O)c1sc(NC(=O)CCNC(=O)c2cccc(-c3n[nH]c(C)n3)c2)nc1C. The third-order valence-electron chi connectivity index (χ3n) is 4.12. The van der Waals surface area contributed by atoms with Crippen LogP contribution in [0.1, 0.15) is 44.9 Å². The van der Waals surface area contributed by atoms with Gasteiger partial charge >= 0.3 is 5.97 Å². The van der Waals surface area contributed by atoms with Gasteiger partial charge in [0.1, 0.15) is 10.7 Å². The van der Waals surface area contributed by atoms with Crippen LogP contribution in [0.25, 0.3) is 11.4 Å². The lowest BCUT2D eigenvalue weighted by atomic mass is 10.1. The first-order valence-electron chi connectivity index (χ1n) is 9.59. The number of aromatic amines is 1. The van der Waals surface area contributed by atoms with Gasteiger partial charge in [-0.3, -0.25) is 14.7 Å². The number of amides is 2. The van der Waals surface area contributed by atoms with Crippen LogP contribution in [0.15, 0.2) is 24.3 Å². The minimum absolute atomic E-state index is 0.0545. The Bertz CT molecular complexity index is 1110. The molecule has 11 heteroatoms. The average molecular weight is 443 g/mol. The summed E-state index contributed by atoms with van der Waals surface area (Å²) in [6.45, 7) is 5.59. The van der Waals surface area contributed by atoms with E-state index in [1.807, 2.05) is 6.07 Å². The van der Waals surface area contributed by atoms with Crippen LogP contribution in [0.5, 0.6) is 0 Å². The highest BCUT2D eigenvalue weighted by Crippen LogP contribution is 2.23. The van der Waals surface area contributed by atoms with E-state index in [-0.39, 0.29) is 31.4 Å². The molecule has 0 spiro atoms. The maximum absolute atomic E-state index is 12.4. The van der Waals surface area contributed by atoms with Crippen LogP contribution in [0.2, 0.25) is 0 Å². The van der Waals surface area contributed by atoms with Gasteiger partial charge in [-0.25, -0.2) is 14.8 Å². The molecule has 0 aliphatic rings. The van der Waals surface area contributed by atoms with Crippen LogP contribution in [0.3, 0.4) is 0 Å². The fourth-order valence-corrected chi connectivity index (χ4v) is 3.56. The van der Waals surface area contributed by atoms with Gasteiger partial charge in [0.2, 0.25) is 5.91 Å². The van der Waals surface area contributed by atoms with E-state index in [1.165, 1.54) is 0 Å². The molecule has 31 heavy (non-hydrogen) atoms. The summed E-state index contributed by atoms with van der Waals surface area (Å²) >= 11 is 1.05. The first kappa shape index (κ1) is 22.1. The zero-order valence-corrected chi connectivity index (χ0v) is 18.1. The minimum Gasteiger partial charge on any atom is -0.462 e. The average Bonchev–Trinajstić information content (AvgIpc) is 3.33. The lowest BCUT2D eigenvalue weighted by Crippen LogP contribution is -2.27. The predicted octanol–water partition coefficient (Wildman–Crippen LogP) is 2.48. The number of anilines is 1. The highest BCUT2D eigenvalue weighted by molar-refractivity contribution is 7.17. The summed E-state index contributed by atoms with van der Waals surface area (Å²) in [6.07, 6.45) is 0.0545. The zero-order chi connectivity index (χ0) is 22.4. The molecule has 0 saturated heterocycles. The van der Waals surface area contributed by atoms with Crippen LogP contribution >= 0.6 is 11.3 Å². The van der Waals surface area contributed by atoms with Crippen molar-refractivity contribution in [3.05, 3.63) is 46.2 Å². The summed E-state index contributed by atoms with van der Waals surface area (Å²) in [5.41, 5.74) is 1.65. The number of esters is 1. The summed E-state index contributed by atoms with van der Waals surface area (Å²) in [5.74, 6) is 0.0897. The molecular weight excluding hydrogens is 420 g/mol. The number of benzene rings is 1. The lowest BCUT2D eigenvalue weighted by molar-refractivity contribution is -0.116. The maximum Gasteiger partial charge on any atom is 0.350 e. The number of ether oxygens (including phenoxy) is 1. The number of hydrogen-bond donors (Lipinski definition) is 3. The number of thiazole rings is 1. The van der Waals surface area contributed by atoms with Crippen LogP contribution in [0.4, 0.5) is 5.13 Å². The smallest absolute Gasteiger partial charge is 0.350 e. The van der Waals surface area contributed by atoms with Crippen molar-refractivity contribution in [2.75, 3.05) is 18.5 Å². The van der Waals surface area contributed by atoms with E-state index in [4.69, 9.17) is 4.74 Å². The Morgan fingerprint density at radius 2 is 2.00 bits per heavy atom. The molecule has 10 nitrogen and oxygen atoms in total. The van der Waals surface area contributed by atoms with E-state index in [2.05, 4.69) is 30.8 Å². The van der Waals surface area contributed by atoms with Gasteiger partial charge in [-0.1, -0.05) is 23.5 Å². The predicted molar refractivity (Wildman–Crippen MR) is 115 cm³/mol. The van der Waals surface area contributed by atoms with Gasteiger partial charge in [0.05, 0.1) is 12.3 Å². The van der Waals surface area contributed by atoms with E-state index in [9.17, 15) is 14.4 Å². The van der Waals surface area contributed by atoms with Gasteiger partial charge in [0.15, 0.2) is 11.0 Å². The fraction of sp³-hybridized carbons (Fsp3) is 0.300. The number of hydrogen-bond acceptors (Lipinski definition) is 8. The second kappa shape index (κ2) is 9.94. The Kier molecular flexibility index (Phi) is 7.08. The molecule has 0 atom stereocenters. The van der Waals surface area contributed by atoms with Gasteiger partial charge in [-0.05, 0) is 32.9 Å². The van der Waals surface area contributed by atoms with Crippen molar-refractivity contribution in [3.63, 3.8) is 0 Å². The van der Waals surface area contributed by atoms with Gasteiger partial charge in [-0.2, -0.15) is 5.10 Å². The number of carbonyl (C=O) groups is 3. The molecule has 0 saturated carbocycles. The third-order valence-corrected chi connectivity index (χ3v) is 5.17. The Morgan fingerprint density at radius 1 is 1.19 bits per heavy atom. The van der Waals surface area contributed by atoms with E-state index < -0.39 is 5.97 Å². The fourth-order valence-electron chi connectivity index (χ4n) is 2.68. The van der Waals surface area contributed by atoms with Gasteiger partial charge in [-0.15, -0.1) is 0 Å². The van der Waals surface area contributed by atoms with Gasteiger partial charge in [0, 0.05) is 24.1 Å². The molecule has 3 aromatic rings. The Labute approximate surface area is 182 Å². The molecule has 2 aromatic heterocycles. The van der Waals surface area contributed by atoms with Crippen molar-refractivity contribution in [2.24, 2.45) is 0 Å². The number of rotatable bonds is 8. The topological polar surface area (TPSA) is 139 Å². The largest absolute Gasteiger partial charge is 0.462 e. The van der Waals surface area contributed by atoms with E-state index in [0.717, 1.165) is 11.3 Å². The molecule has 0 fully saturated rings.